The van der Waals surface area contributed by atoms with Crippen LogP contribution in [0.2, 0.25) is 0 Å². The first kappa shape index (κ1) is 26.9. The molecule has 0 atom stereocenters. The van der Waals surface area contributed by atoms with Gasteiger partial charge in [0.25, 0.3) is 0 Å². The fourth-order valence-corrected chi connectivity index (χ4v) is 6.41. The number of fused-ring (bicyclic) bond motifs is 4. The van der Waals surface area contributed by atoms with Crippen molar-refractivity contribution in [2.24, 2.45) is 0 Å². The van der Waals surface area contributed by atoms with E-state index in [-0.39, 0.29) is 0 Å². The molecule has 5 nitrogen and oxygen atoms in total. The third-order valence-corrected chi connectivity index (χ3v) is 8.72. The Bertz CT molecular complexity index is 2530. The number of hydrogen-bond acceptors (Lipinski definition) is 4. The molecule has 0 aliphatic heterocycles. The number of benzene rings is 4. The first-order valence-electron chi connectivity index (χ1n) is 15.6. The Balaban J connectivity index is 1.04. The van der Waals surface area contributed by atoms with Crippen LogP contribution >= 0.6 is 0 Å². The molecule has 5 heteroatoms. The Morgan fingerprint density at radius 3 is 1.79 bits per heavy atom. The molecule has 0 unspecified atom stereocenters. The highest BCUT2D eigenvalue weighted by molar-refractivity contribution is 6.08. The van der Waals surface area contributed by atoms with Gasteiger partial charge in [0.2, 0.25) is 0 Å². The zero-order valence-corrected chi connectivity index (χ0v) is 25.3. The topological polar surface area (TPSA) is 56.5 Å². The van der Waals surface area contributed by atoms with Crippen molar-refractivity contribution >= 4 is 32.6 Å². The van der Waals surface area contributed by atoms with Crippen LogP contribution in [0.25, 0.3) is 83.6 Å². The van der Waals surface area contributed by atoms with Crippen LogP contribution in [0, 0.1) is 0 Å². The van der Waals surface area contributed by atoms with Crippen LogP contribution in [0.15, 0.2) is 164 Å². The summed E-state index contributed by atoms with van der Waals surface area (Å²) in [4.78, 5) is 19.5. The molecule has 0 amide bonds. The fraction of sp³-hybridized carbons (Fsp3) is 0. The minimum atomic E-state index is 0.790. The molecule has 220 valence electrons. The van der Waals surface area contributed by atoms with Crippen molar-refractivity contribution in [3.63, 3.8) is 0 Å². The van der Waals surface area contributed by atoms with Crippen LogP contribution in [0.4, 0.5) is 0 Å². The Morgan fingerprint density at radius 1 is 0.383 bits per heavy atom. The van der Waals surface area contributed by atoms with E-state index in [0.29, 0.717) is 0 Å². The largest absolute Gasteiger partial charge is 0.294 e. The van der Waals surface area contributed by atoms with E-state index in [4.69, 9.17) is 15.0 Å². The van der Waals surface area contributed by atoms with E-state index in [9.17, 15) is 0 Å². The Kier molecular flexibility index (Phi) is 6.39. The van der Waals surface area contributed by atoms with Crippen molar-refractivity contribution in [3.8, 4) is 51.0 Å². The van der Waals surface area contributed by atoms with Crippen LogP contribution in [0.3, 0.4) is 0 Å². The van der Waals surface area contributed by atoms with Gasteiger partial charge in [-0.05, 0) is 76.5 Å². The van der Waals surface area contributed by atoms with Gasteiger partial charge in [0.1, 0.15) is 5.82 Å². The number of nitrogens with zero attached hydrogens (tertiary/aromatic N) is 5. The molecule has 0 aliphatic carbocycles. The van der Waals surface area contributed by atoms with Crippen molar-refractivity contribution in [2.45, 2.75) is 0 Å². The average molecular weight is 602 g/mol. The zero-order chi connectivity index (χ0) is 31.2. The maximum absolute atomic E-state index is 5.10. The predicted molar refractivity (Wildman–Crippen MR) is 191 cm³/mol. The van der Waals surface area contributed by atoms with Gasteiger partial charge in [-0.1, -0.05) is 97.1 Å². The van der Waals surface area contributed by atoms with Crippen molar-refractivity contribution in [1.29, 1.82) is 0 Å². The summed E-state index contributed by atoms with van der Waals surface area (Å²) in [6, 6.07) is 52.3. The van der Waals surface area contributed by atoms with Gasteiger partial charge in [-0.15, -0.1) is 0 Å². The summed E-state index contributed by atoms with van der Waals surface area (Å²) in [5.41, 5.74) is 9.70. The van der Waals surface area contributed by atoms with Crippen LogP contribution in [0.5, 0.6) is 0 Å². The maximum atomic E-state index is 5.10. The van der Waals surface area contributed by atoms with E-state index in [1.54, 1.807) is 0 Å². The summed E-state index contributed by atoms with van der Waals surface area (Å²) in [7, 11) is 0. The molecule has 0 saturated heterocycles. The van der Waals surface area contributed by atoms with Crippen LogP contribution in [0.1, 0.15) is 0 Å². The van der Waals surface area contributed by atoms with E-state index < -0.39 is 0 Å². The molecule has 0 N–H and O–H groups in total. The standard InChI is InChI=1S/C42H27N5/c1-2-9-31-26-32(23-20-28(31)8-1)29-18-21-30(22-19-29)35-11-5-12-36(44-35)37-13-6-14-38(45-37)39-15-7-17-42(46-39)47-40-16-4-3-10-33(40)34-27-43-25-24-41(34)47/h1-27H. The smallest absolute Gasteiger partial charge is 0.138 e. The zero-order valence-electron chi connectivity index (χ0n) is 25.3. The molecule has 0 saturated carbocycles. The molecule has 5 aromatic heterocycles. The SMILES string of the molecule is c1cc(-c2ccc(-c3ccc4ccccc4c3)cc2)nc(-c2cccc(-c3cccc(-n4c5ccccc5c5cnccc54)n3)n2)c1. The maximum Gasteiger partial charge on any atom is 0.138 e. The van der Waals surface area contributed by atoms with E-state index >= 15 is 0 Å². The van der Waals surface area contributed by atoms with Crippen molar-refractivity contribution < 1.29 is 0 Å². The minimum absolute atomic E-state index is 0.790. The molecule has 9 rings (SSSR count). The summed E-state index contributed by atoms with van der Waals surface area (Å²) >= 11 is 0. The first-order chi connectivity index (χ1) is 23.3. The van der Waals surface area contributed by atoms with Gasteiger partial charge in [-0.25, -0.2) is 15.0 Å². The fourth-order valence-electron chi connectivity index (χ4n) is 6.41. The summed E-state index contributed by atoms with van der Waals surface area (Å²) in [5.74, 6) is 0.833. The molecular weight excluding hydrogens is 574 g/mol. The van der Waals surface area contributed by atoms with Crippen LogP contribution in [-0.4, -0.2) is 24.5 Å². The second-order valence-electron chi connectivity index (χ2n) is 11.6. The number of pyridine rings is 4. The Labute approximate surface area is 271 Å². The van der Waals surface area contributed by atoms with Gasteiger partial charge in [0.05, 0.1) is 39.5 Å². The quantitative estimate of drug-likeness (QED) is 0.197. The molecule has 9 aromatic rings. The molecule has 0 spiro atoms. The lowest BCUT2D eigenvalue weighted by Gasteiger charge is -2.10. The highest BCUT2D eigenvalue weighted by atomic mass is 15.1. The second kappa shape index (κ2) is 11.2. The highest BCUT2D eigenvalue weighted by Crippen LogP contribution is 2.32. The summed E-state index contributed by atoms with van der Waals surface area (Å²) in [6.07, 6.45) is 3.75. The van der Waals surface area contributed by atoms with Gasteiger partial charge in [0.15, 0.2) is 0 Å². The molecular formula is C42H27N5. The minimum Gasteiger partial charge on any atom is -0.294 e. The number of para-hydroxylation sites is 1. The third-order valence-electron chi connectivity index (χ3n) is 8.72. The molecule has 0 fully saturated rings. The lowest BCUT2D eigenvalue weighted by Crippen LogP contribution is -1.99. The first-order valence-corrected chi connectivity index (χ1v) is 15.6. The summed E-state index contributed by atoms with van der Waals surface area (Å²) < 4.78 is 2.19. The van der Waals surface area contributed by atoms with Crippen molar-refractivity contribution in [2.75, 3.05) is 0 Å². The molecule has 47 heavy (non-hydrogen) atoms. The average Bonchev–Trinajstić information content (AvgIpc) is 3.49. The highest BCUT2D eigenvalue weighted by Gasteiger charge is 2.14. The lowest BCUT2D eigenvalue weighted by molar-refractivity contribution is 1.07. The van der Waals surface area contributed by atoms with Gasteiger partial charge in [-0.3, -0.25) is 9.55 Å². The van der Waals surface area contributed by atoms with Gasteiger partial charge in [0, 0.05) is 28.7 Å². The lowest BCUT2D eigenvalue weighted by atomic mass is 9.99. The van der Waals surface area contributed by atoms with E-state index in [0.717, 1.165) is 61.7 Å². The predicted octanol–water partition coefficient (Wildman–Crippen LogP) is 10.2. The van der Waals surface area contributed by atoms with Crippen LogP contribution in [-0.2, 0) is 0 Å². The van der Waals surface area contributed by atoms with E-state index in [1.165, 1.54) is 21.9 Å². The molecule has 5 heterocycles. The monoisotopic (exact) mass is 601 g/mol. The summed E-state index contributed by atoms with van der Waals surface area (Å²) in [6.45, 7) is 0. The van der Waals surface area contributed by atoms with E-state index in [2.05, 4.69) is 101 Å². The molecule has 0 bridgehead atoms. The molecule has 0 aliphatic rings. The van der Waals surface area contributed by atoms with Crippen LogP contribution < -0.4 is 0 Å². The van der Waals surface area contributed by atoms with E-state index in [1.807, 2.05) is 73.1 Å². The van der Waals surface area contributed by atoms with Crippen molar-refractivity contribution in [1.82, 2.24) is 24.5 Å². The molecule has 0 radical (unpaired) electrons. The van der Waals surface area contributed by atoms with Gasteiger partial charge < -0.3 is 0 Å². The second-order valence-corrected chi connectivity index (χ2v) is 11.6. The number of hydrogen-bond donors (Lipinski definition) is 0. The summed E-state index contributed by atoms with van der Waals surface area (Å²) in [5, 5.41) is 4.74. The van der Waals surface area contributed by atoms with Gasteiger partial charge in [-0.2, -0.15) is 0 Å². The van der Waals surface area contributed by atoms with Gasteiger partial charge >= 0.3 is 0 Å². The molecule has 4 aromatic carbocycles. The third kappa shape index (κ3) is 4.82. The number of rotatable bonds is 5. The Morgan fingerprint density at radius 2 is 0.979 bits per heavy atom. The van der Waals surface area contributed by atoms with Crippen molar-refractivity contribution in [3.05, 3.63) is 164 Å². The normalized spacial score (nSPS) is 11.4. The number of aromatic nitrogens is 5. The Hall–Kier alpha value is -6.46.